The van der Waals surface area contributed by atoms with Crippen LogP contribution in [0.1, 0.15) is 91.9 Å². The van der Waals surface area contributed by atoms with Crippen molar-refractivity contribution in [1.29, 1.82) is 0 Å². The van der Waals surface area contributed by atoms with Gasteiger partial charge in [-0.25, -0.2) is 0 Å². The molecule has 27 heteroatoms. The number of aliphatic hydroxyl groups excluding tert-OH is 15. The lowest BCUT2D eigenvalue weighted by atomic mass is 9.44. The van der Waals surface area contributed by atoms with Gasteiger partial charge >= 0.3 is 0 Å². The van der Waals surface area contributed by atoms with Crippen LogP contribution in [0.25, 0.3) is 0 Å². The van der Waals surface area contributed by atoms with Gasteiger partial charge in [0.05, 0.1) is 51.8 Å². The van der Waals surface area contributed by atoms with Gasteiger partial charge in [-0.3, -0.25) is 0 Å². The standard InChI is InChI=1S/C56H92O27/c1-21-7-12-56(73-19-21)22(2)34-29(83-56)14-27-25-6-5-23-13-24(8-10-54(23,3)26(25)9-11-55(27,34)4)74-50-43(70)40(67)45(33(18-60)78-50)79-53-48(47(38(65)32(17-59)77-53)81-49-41(68)35(62)28(61)20-72-49)82-52-44(71)46(37(64)31(16-58)76-52)80-51-42(69)39(66)36(63)30(15-57)75-51/h21-53,57-71H,5-20H2,1-4H3/t21-,22+,23+,24+,25-,26+,27+,28-,29+,30-,31-,32-,33-,34+,35+,36-,37+,38-,39+,40-,41-,42-,43-,44-,45+,46+,47+,48-,49+,50-,51+,52+,53+,54+,55+,56-/m1/s1. The fourth-order valence-electron chi connectivity index (χ4n) is 17.4. The summed E-state index contributed by atoms with van der Waals surface area (Å²) in [5.41, 5.74) is 0.221. The summed E-state index contributed by atoms with van der Waals surface area (Å²) in [7, 11) is 0. The number of ether oxygens (including phenoxy) is 12. The summed E-state index contributed by atoms with van der Waals surface area (Å²) in [5.74, 6) is 2.83. The van der Waals surface area contributed by atoms with Crippen LogP contribution in [0.15, 0.2) is 0 Å². The van der Waals surface area contributed by atoms with Crippen molar-refractivity contribution in [3.8, 4) is 0 Å². The molecular formula is C56H92O27. The summed E-state index contributed by atoms with van der Waals surface area (Å²) in [6, 6.07) is 0. The average Bonchev–Trinajstić information content (AvgIpc) is 4.01. The maximum absolute atomic E-state index is 12.0. The molecule has 7 heterocycles. The van der Waals surface area contributed by atoms with Gasteiger partial charge in [-0.05, 0) is 104 Å². The van der Waals surface area contributed by atoms with E-state index in [9.17, 15) is 76.6 Å². The van der Waals surface area contributed by atoms with Crippen LogP contribution in [-0.4, -0.2) is 282 Å². The van der Waals surface area contributed by atoms with Crippen molar-refractivity contribution in [3.63, 3.8) is 0 Å². The summed E-state index contributed by atoms with van der Waals surface area (Å²) in [5, 5.41) is 164. The van der Waals surface area contributed by atoms with E-state index in [1.165, 1.54) is 0 Å². The predicted molar refractivity (Wildman–Crippen MR) is 275 cm³/mol. The highest BCUT2D eigenvalue weighted by Gasteiger charge is 2.70. The molecule has 4 aliphatic carbocycles. The molecule has 0 radical (unpaired) electrons. The summed E-state index contributed by atoms with van der Waals surface area (Å²) in [4.78, 5) is 0. The fraction of sp³-hybridized carbons (Fsp3) is 1.00. The van der Waals surface area contributed by atoms with Crippen LogP contribution in [0, 0.1) is 52.3 Å². The highest BCUT2D eigenvalue weighted by atomic mass is 16.8. The van der Waals surface area contributed by atoms with Crippen molar-refractivity contribution in [2.24, 2.45) is 52.3 Å². The highest BCUT2D eigenvalue weighted by molar-refractivity contribution is 5.16. The second-order valence-electron chi connectivity index (χ2n) is 26.7. The monoisotopic (exact) mass is 1200 g/mol. The number of aliphatic hydroxyl groups is 15. The smallest absolute Gasteiger partial charge is 0.187 e. The molecule has 7 saturated heterocycles. The molecule has 0 aromatic rings. The van der Waals surface area contributed by atoms with Gasteiger partial charge in [-0.1, -0.05) is 27.7 Å². The van der Waals surface area contributed by atoms with E-state index in [4.69, 9.17) is 56.8 Å². The summed E-state index contributed by atoms with van der Waals surface area (Å²) in [6.07, 6.45) is -34.5. The molecule has 27 nitrogen and oxygen atoms in total. The minimum absolute atomic E-state index is 0.0500. The Balaban J connectivity index is 0.784. The van der Waals surface area contributed by atoms with E-state index in [0.717, 1.165) is 58.0 Å². The van der Waals surface area contributed by atoms with Crippen molar-refractivity contribution >= 4 is 0 Å². The van der Waals surface area contributed by atoms with E-state index in [-0.39, 0.29) is 23.0 Å². The maximum Gasteiger partial charge on any atom is 0.187 e. The Bertz CT molecular complexity index is 2140. The molecule has 0 bridgehead atoms. The van der Waals surface area contributed by atoms with E-state index < -0.39 is 186 Å². The van der Waals surface area contributed by atoms with Gasteiger partial charge in [-0.15, -0.1) is 0 Å². The Morgan fingerprint density at radius 2 is 1.01 bits per heavy atom. The van der Waals surface area contributed by atoms with Crippen LogP contribution in [-0.2, 0) is 56.8 Å². The maximum atomic E-state index is 12.0. The van der Waals surface area contributed by atoms with Crippen molar-refractivity contribution in [2.45, 2.75) is 257 Å². The quantitative estimate of drug-likeness (QED) is 0.0730. The second-order valence-corrected chi connectivity index (χ2v) is 26.7. The molecule has 36 atom stereocenters. The SMILES string of the molecule is C[C@@H]1CC[C@@]2(OC1)O[C@H]1C[C@H]3[C@@H]4CC[C@H]5C[C@@H](O[C@@H]6O[C@H](CO)[C@H](O[C@@H]7O[C@H](CO)[C@@H](O)[C@H](O[C@@H]8OC[C@@H](O)[C@H](O)[C@H]8O)[C@H]7O[C@@H]7O[C@H](CO)[C@H](O)[C@H](O[C@@H]8O[C@H](CO)[C@@H](O)[C@H](O)[C@H]8O)[C@H]7O)[C@H](O)[C@H]6O)CC[C@]5(C)[C@H]4CC[C@]3(C)[C@H]1[C@@H]2C. The molecule has 0 amide bonds. The van der Waals surface area contributed by atoms with Crippen LogP contribution in [0.4, 0.5) is 0 Å². The molecule has 83 heavy (non-hydrogen) atoms. The normalized spacial score (nSPS) is 57.4. The lowest BCUT2D eigenvalue weighted by molar-refractivity contribution is -0.409. The molecule has 4 saturated carbocycles. The zero-order chi connectivity index (χ0) is 59.4. The molecule has 0 unspecified atom stereocenters. The van der Waals surface area contributed by atoms with E-state index in [1.54, 1.807) is 0 Å². The first kappa shape index (κ1) is 63.5. The van der Waals surface area contributed by atoms with E-state index in [0.29, 0.717) is 54.3 Å². The molecule has 478 valence electrons. The van der Waals surface area contributed by atoms with Gasteiger partial charge in [0.1, 0.15) is 116 Å². The Morgan fingerprint density at radius 3 is 1.69 bits per heavy atom. The van der Waals surface area contributed by atoms with Crippen molar-refractivity contribution < 1.29 is 133 Å². The first-order chi connectivity index (χ1) is 39.5. The molecular weight excluding hydrogens is 1100 g/mol. The third kappa shape index (κ3) is 11.2. The zero-order valence-corrected chi connectivity index (χ0v) is 47.5. The number of fused-ring (bicyclic) bond motifs is 7. The van der Waals surface area contributed by atoms with E-state index in [2.05, 4.69) is 27.7 Å². The minimum Gasteiger partial charge on any atom is -0.394 e. The van der Waals surface area contributed by atoms with Crippen LogP contribution in [0.5, 0.6) is 0 Å². The van der Waals surface area contributed by atoms with E-state index in [1.807, 2.05) is 0 Å². The fourth-order valence-corrected chi connectivity index (χ4v) is 17.4. The molecule has 0 aromatic heterocycles. The average molecular weight is 1200 g/mol. The zero-order valence-electron chi connectivity index (χ0n) is 47.5. The van der Waals surface area contributed by atoms with Gasteiger partial charge in [0.15, 0.2) is 37.2 Å². The number of hydrogen-bond acceptors (Lipinski definition) is 27. The lowest BCUT2D eigenvalue weighted by Crippen LogP contribution is -2.69. The van der Waals surface area contributed by atoms with Gasteiger partial charge in [0.2, 0.25) is 0 Å². The molecule has 0 aromatic carbocycles. The van der Waals surface area contributed by atoms with Crippen molar-refractivity contribution in [2.75, 3.05) is 39.6 Å². The molecule has 11 fully saturated rings. The molecule has 11 rings (SSSR count). The highest BCUT2D eigenvalue weighted by Crippen LogP contribution is 2.71. The second kappa shape index (κ2) is 25.0. The molecule has 1 spiro atoms. The topological polar surface area (TPSA) is 414 Å². The van der Waals surface area contributed by atoms with Gasteiger partial charge in [0.25, 0.3) is 0 Å². The first-order valence-electron chi connectivity index (χ1n) is 30.3. The Labute approximate surface area is 481 Å². The molecule has 11 aliphatic rings. The molecule has 7 aliphatic heterocycles. The Kier molecular flexibility index (Phi) is 19.1. The third-order valence-corrected chi connectivity index (χ3v) is 22.1. The third-order valence-electron chi connectivity index (χ3n) is 22.1. The summed E-state index contributed by atoms with van der Waals surface area (Å²) < 4.78 is 73.4. The van der Waals surface area contributed by atoms with Crippen LogP contribution in [0.3, 0.4) is 0 Å². The van der Waals surface area contributed by atoms with Gasteiger partial charge in [-0.2, -0.15) is 0 Å². The van der Waals surface area contributed by atoms with Crippen LogP contribution < -0.4 is 0 Å². The lowest BCUT2D eigenvalue weighted by Gasteiger charge is -2.61. The van der Waals surface area contributed by atoms with Crippen LogP contribution >= 0.6 is 0 Å². The minimum atomic E-state index is -2.18. The molecule has 15 N–H and O–H groups in total. The summed E-state index contributed by atoms with van der Waals surface area (Å²) in [6.45, 7) is 6.14. The van der Waals surface area contributed by atoms with Gasteiger partial charge in [0, 0.05) is 12.3 Å². The van der Waals surface area contributed by atoms with E-state index >= 15 is 0 Å². The van der Waals surface area contributed by atoms with Crippen LogP contribution in [0.2, 0.25) is 0 Å². The van der Waals surface area contributed by atoms with Crippen molar-refractivity contribution in [3.05, 3.63) is 0 Å². The number of hydrogen-bond donors (Lipinski definition) is 15. The Morgan fingerprint density at radius 1 is 0.446 bits per heavy atom. The Hall–Kier alpha value is -1.08. The number of rotatable bonds is 14. The van der Waals surface area contributed by atoms with Gasteiger partial charge < -0.3 is 133 Å². The van der Waals surface area contributed by atoms with Crippen molar-refractivity contribution in [1.82, 2.24) is 0 Å². The first-order valence-corrected chi connectivity index (χ1v) is 30.3. The largest absolute Gasteiger partial charge is 0.394 e. The summed E-state index contributed by atoms with van der Waals surface area (Å²) >= 11 is 0. The predicted octanol–water partition coefficient (Wildman–Crippen LogP) is -4.45.